The second kappa shape index (κ2) is 10.3. The van der Waals surface area contributed by atoms with Crippen LogP contribution in [0.4, 0.5) is 11.5 Å². The first-order chi connectivity index (χ1) is 21.6. The van der Waals surface area contributed by atoms with Gasteiger partial charge in [-0.2, -0.15) is 9.97 Å². The van der Waals surface area contributed by atoms with Gasteiger partial charge in [0, 0.05) is 66.0 Å². The van der Waals surface area contributed by atoms with Crippen LogP contribution in [-0.4, -0.2) is 76.4 Å². The molecule has 228 valence electrons. The fourth-order valence-electron chi connectivity index (χ4n) is 9.91. The molecule has 5 atom stereocenters. The number of piperazine rings is 1. The first-order valence-electron chi connectivity index (χ1n) is 16.8. The van der Waals surface area contributed by atoms with Gasteiger partial charge in [-0.1, -0.05) is 24.5 Å². The molecule has 5 fully saturated rings. The van der Waals surface area contributed by atoms with E-state index in [1.54, 1.807) is 6.07 Å². The number of aromatic hydroxyl groups is 1. The van der Waals surface area contributed by atoms with Gasteiger partial charge < -0.3 is 25.0 Å². The third-order valence-corrected chi connectivity index (χ3v) is 11.8. The maximum atomic E-state index is 10.7. The molecule has 0 amide bonds. The van der Waals surface area contributed by atoms with Gasteiger partial charge in [-0.25, -0.2) is 0 Å². The highest BCUT2D eigenvalue weighted by Crippen LogP contribution is 2.51. The first kappa shape index (κ1) is 26.8. The van der Waals surface area contributed by atoms with Crippen molar-refractivity contribution in [1.29, 1.82) is 0 Å². The van der Waals surface area contributed by atoms with Crippen molar-refractivity contribution in [3.8, 4) is 24.1 Å². The van der Waals surface area contributed by atoms with Crippen LogP contribution in [0.1, 0.15) is 68.2 Å². The Labute approximate surface area is 259 Å². The van der Waals surface area contributed by atoms with E-state index in [1.807, 2.05) is 24.3 Å². The van der Waals surface area contributed by atoms with Crippen LogP contribution in [0.2, 0.25) is 0 Å². The Bertz CT molecular complexity index is 1660. The number of ether oxygens (including phenoxy) is 1. The summed E-state index contributed by atoms with van der Waals surface area (Å²) in [5.74, 6) is 5.01. The number of anilines is 2. The molecule has 4 saturated heterocycles. The summed E-state index contributed by atoms with van der Waals surface area (Å²) in [5.41, 5.74) is 4.21. The molecule has 44 heavy (non-hydrogen) atoms. The summed E-state index contributed by atoms with van der Waals surface area (Å²) >= 11 is 0. The smallest absolute Gasteiger partial charge is 0.318 e. The number of aromatic nitrogens is 2. The van der Waals surface area contributed by atoms with E-state index in [2.05, 4.69) is 25.9 Å². The maximum Gasteiger partial charge on any atom is 0.318 e. The summed E-state index contributed by atoms with van der Waals surface area (Å²) in [6.45, 7) is 5.27. The summed E-state index contributed by atoms with van der Waals surface area (Å²) in [7, 11) is 0. The van der Waals surface area contributed by atoms with Gasteiger partial charge in [0.25, 0.3) is 0 Å². The number of phenolic OH excluding ortho intramolecular Hbond substituents is 1. The number of nitrogens with one attached hydrogen (secondary N) is 1. The lowest BCUT2D eigenvalue weighted by molar-refractivity contribution is 0.0829. The van der Waals surface area contributed by atoms with Crippen molar-refractivity contribution in [3.05, 3.63) is 47.2 Å². The highest BCUT2D eigenvalue weighted by Gasteiger charge is 2.55. The van der Waals surface area contributed by atoms with Crippen molar-refractivity contribution in [1.82, 2.24) is 20.2 Å². The van der Waals surface area contributed by atoms with Crippen LogP contribution < -0.4 is 19.9 Å². The highest BCUT2D eigenvalue weighted by atomic mass is 16.5. The van der Waals surface area contributed by atoms with Crippen molar-refractivity contribution in [3.63, 3.8) is 0 Å². The lowest BCUT2D eigenvalue weighted by Crippen LogP contribution is -2.52. The van der Waals surface area contributed by atoms with Crippen molar-refractivity contribution in [2.45, 2.75) is 88.0 Å². The molecule has 2 unspecified atom stereocenters. The number of nitrogens with zero attached hydrogens (tertiary/aromatic N) is 5. The van der Waals surface area contributed by atoms with Gasteiger partial charge in [-0.05, 0) is 81.3 Å². The molecule has 6 heterocycles. The van der Waals surface area contributed by atoms with Crippen molar-refractivity contribution in [2.75, 3.05) is 42.6 Å². The number of benzene rings is 2. The normalized spacial score (nSPS) is 30.8. The lowest BCUT2D eigenvalue weighted by atomic mass is 9.90. The molecular weight excluding hydrogens is 548 g/mol. The molecule has 1 saturated carbocycles. The molecule has 0 radical (unpaired) electrons. The fraction of sp³-hybridized carbons (Fsp3) is 0.556. The summed E-state index contributed by atoms with van der Waals surface area (Å²) in [5, 5.41) is 16.4. The topological polar surface area (TPSA) is 77.0 Å². The average Bonchev–Trinajstić information content (AvgIpc) is 3.80. The quantitative estimate of drug-likeness (QED) is 0.418. The first-order valence-corrected chi connectivity index (χ1v) is 16.8. The molecule has 2 N–H and O–H groups in total. The summed E-state index contributed by atoms with van der Waals surface area (Å²) in [6, 6.07) is 11.9. The van der Waals surface area contributed by atoms with E-state index in [0.717, 1.165) is 71.5 Å². The molecule has 8 nitrogen and oxygen atoms in total. The molecule has 1 aliphatic carbocycles. The van der Waals surface area contributed by atoms with Gasteiger partial charge in [0.1, 0.15) is 18.2 Å². The lowest BCUT2D eigenvalue weighted by Gasteiger charge is -2.38. The third kappa shape index (κ3) is 4.27. The average molecular weight is 591 g/mol. The minimum absolute atomic E-state index is 0.140. The molecule has 3 aromatic rings. The minimum Gasteiger partial charge on any atom is -0.508 e. The standard InChI is InChI=1S/C36H42N6O2/c1-2-23-6-3-7-24-16-28(43)17-32(33(23)24)40-15-12-29-30(21-40)38-35(39-34(29)41-19-26-10-11-27(20-41)37-26)44-22-36-13-5-14-42(36)31-9-4-8-25(31)18-36/h1,3,6-7,16-17,25-27,31,37,43H,4-5,8-15,18-22H2/t25-,26?,27?,31-,36-/m0/s1. The zero-order chi connectivity index (χ0) is 29.4. The van der Waals surface area contributed by atoms with Gasteiger partial charge >= 0.3 is 6.01 Å². The second-order valence-corrected chi connectivity index (χ2v) is 14.3. The van der Waals surface area contributed by atoms with Crippen LogP contribution in [0.5, 0.6) is 11.8 Å². The maximum absolute atomic E-state index is 10.7. The van der Waals surface area contributed by atoms with E-state index in [9.17, 15) is 5.11 Å². The Hall–Kier alpha value is -3.54. The van der Waals surface area contributed by atoms with Crippen LogP contribution in [0.25, 0.3) is 10.8 Å². The van der Waals surface area contributed by atoms with Crippen LogP contribution in [0.15, 0.2) is 30.3 Å². The van der Waals surface area contributed by atoms with E-state index < -0.39 is 0 Å². The molecule has 2 bridgehead atoms. The molecule has 2 aromatic carbocycles. The summed E-state index contributed by atoms with van der Waals surface area (Å²) in [6.07, 6.45) is 17.1. The molecule has 1 aromatic heterocycles. The van der Waals surface area contributed by atoms with E-state index in [-0.39, 0.29) is 11.3 Å². The number of hydrogen-bond donors (Lipinski definition) is 2. The van der Waals surface area contributed by atoms with Crippen molar-refractivity contribution in [2.24, 2.45) is 5.92 Å². The second-order valence-electron chi connectivity index (χ2n) is 14.3. The van der Waals surface area contributed by atoms with E-state index in [4.69, 9.17) is 21.1 Å². The van der Waals surface area contributed by atoms with Gasteiger partial charge in [0.05, 0.1) is 17.8 Å². The van der Waals surface area contributed by atoms with Gasteiger partial charge in [0.15, 0.2) is 0 Å². The Balaban J connectivity index is 1.07. The van der Waals surface area contributed by atoms with Crippen LogP contribution in [0, 0.1) is 18.3 Å². The van der Waals surface area contributed by atoms with Crippen molar-refractivity contribution < 1.29 is 9.84 Å². The Kier molecular flexibility index (Phi) is 6.25. The molecule has 8 heteroatoms. The number of hydrogen-bond acceptors (Lipinski definition) is 8. The Morgan fingerprint density at radius 2 is 1.93 bits per heavy atom. The molecule has 0 spiro atoms. The van der Waals surface area contributed by atoms with Gasteiger partial charge in [-0.15, -0.1) is 6.42 Å². The molecule has 9 rings (SSSR count). The predicted octanol–water partition coefficient (Wildman–Crippen LogP) is 4.61. The largest absolute Gasteiger partial charge is 0.508 e. The molecule has 5 aliphatic heterocycles. The zero-order valence-corrected chi connectivity index (χ0v) is 25.5. The highest BCUT2D eigenvalue weighted by molar-refractivity contribution is 6.00. The number of fused-ring (bicyclic) bond motifs is 7. The van der Waals surface area contributed by atoms with E-state index >= 15 is 0 Å². The number of phenols is 1. The third-order valence-electron chi connectivity index (χ3n) is 11.8. The van der Waals surface area contributed by atoms with E-state index in [1.165, 1.54) is 63.5 Å². The van der Waals surface area contributed by atoms with Crippen LogP contribution in [0.3, 0.4) is 0 Å². The summed E-state index contributed by atoms with van der Waals surface area (Å²) in [4.78, 5) is 18.0. The van der Waals surface area contributed by atoms with Crippen LogP contribution in [-0.2, 0) is 13.0 Å². The Morgan fingerprint density at radius 3 is 2.80 bits per heavy atom. The fourth-order valence-corrected chi connectivity index (χ4v) is 9.91. The monoisotopic (exact) mass is 590 g/mol. The molecule has 6 aliphatic rings. The minimum atomic E-state index is 0.140. The molecular formula is C36H42N6O2. The van der Waals surface area contributed by atoms with Crippen molar-refractivity contribution >= 4 is 22.3 Å². The zero-order valence-electron chi connectivity index (χ0n) is 25.5. The van der Waals surface area contributed by atoms with Gasteiger partial charge in [0.2, 0.25) is 0 Å². The Morgan fingerprint density at radius 1 is 1.05 bits per heavy atom. The van der Waals surface area contributed by atoms with Crippen LogP contribution >= 0.6 is 0 Å². The number of terminal acetylenes is 1. The van der Waals surface area contributed by atoms with E-state index in [0.29, 0.717) is 31.2 Å². The van der Waals surface area contributed by atoms with Gasteiger partial charge in [-0.3, -0.25) is 4.90 Å². The summed E-state index contributed by atoms with van der Waals surface area (Å²) < 4.78 is 6.70. The predicted molar refractivity (Wildman–Crippen MR) is 172 cm³/mol. The number of rotatable bonds is 5. The SMILES string of the molecule is C#Cc1cccc2cc(O)cc(N3CCc4c(nc(OC[C@@]56CCCN5[C@H]5CCC[C@H]5C6)nc4N4CC5CCC(C4)N5)C3)c12.